The Hall–Kier alpha value is -1.87. The van der Waals surface area contributed by atoms with E-state index in [9.17, 15) is 4.79 Å². The van der Waals surface area contributed by atoms with Gasteiger partial charge in [-0.25, -0.2) is 0 Å². The molecule has 2 rings (SSSR count). The van der Waals surface area contributed by atoms with Crippen LogP contribution in [0.2, 0.25) is 0 Å². The van der Waals surface area contributed by atoms with Gasteiger partial charge in [0.1, 0.15) is 0 Å². The van der Waals surface area contributed by atoms with Crippen molar-refractivity contribution >= 4 is 22.9 Å². The third-order valence-electron chi connectivity index (χ3n) is 2.42. The highest BCUT2D eigenvalue weighted by molar-refractivity contribution is 7.16. The van der Waals surface area contributed by atoms with E-state index in [1.165, 1.54) is 11.6 Å². The van der Waals surface area contributed by atoms with Crippen molar-refractivity contribution in [1.82, 2.24) is 0 Å². The standard InChI is InChI=1S/C14H13NOS/c1-3-14(16)15-12-9-13(17-10(12)2)11-7-5-4-6-8-11/h3-9H,1H2,2H3,(H,15,16). The van der Waals surface area contributed by atoms with Crippen molar-refractivity contribution in [3.8, 4) is 10.4 Å². The van der Waals surface area contributed by atoms with Gasteiger partial charge in [0.05, 0.1) is 5.69 Å². The van der Waals surface area contributed by atoms with E-state index in [0.717, 1.165) is 15.4 Å². The van der Waals surface area contributed by atoms with Crippen molar-refractivity contribution < 1.29 is 4.79 Å². The molecule has 3 heteroatoms. The van der Waals surface area contributed by atoms with E-state index < -0.39 is 0 Å². The summed E-state index contributed by atoms with van der Waals surface area (Å²) in [6, 6.07) is 12.1. The first-order chi connectivity index (χ1) is 8.20. The summed E-state index contributed by atoms with van der Waals surface area (Å²) in [5, 5.41) is 2.80. The molecule has 0 fully saturated rings. The molecule has 1 aromatic heterocycles. The van der Waals surface area contributed by atoms with E-state index in [0.29, 0.717) is 0 Å². The van der Waals surface area contributed by atoms with Gasteiger partial charge in [-0.1, -0.05) is 36.9 Å². The first-order valence-corrected chi connectivity index (χ1v) is 6.11. The molecule has 0 saturated heterocycles. The number of nitrogens with one attached hydrogen (secondary N) is 1. The number of hydrogen-bond acceptors (Lipinski definition) is 2. The van der Waals surface area contributed by atoms with Gasteiger partial charge in [0.2, 0.25) is 5.91 Å². The van der Waals surface area contributed by atoms with Gasteiger partial charge in [0.25, 0.3) is 0 Å². The van der Waals surface area contributed by atoms with Crippen LogP contribution in [0.3, 0.4) is 0 Å². The summed E-state index contributed by atoms with van der Waals surface area (Å²) in [4.78, 5) is 13.5. The van der Waals surface area contributed by atoms with E-state index in [-0.39, 0.29) is 5.91 Å². The van der Waals surface area contributed by atoms with Crippen LogP contribution < -0.4 is 5.32 Å². The minimum atomic E-state index is -0.175. The molecule has 2 nitrogen and oxygen atoms in total. The van der Waals surface area contributed by atoms with Gasteiger partial charge in [-0.2, -0.15) is 0 Å². The number of benzene rings is 1. The normalized spacial score (nSPS) is 9.94. The number of aryl methyl sites for hydroxylation is 1. The minimum Gasteiger partial charge on any atom is -0.321 e. The van der Waals surface area contributed by atoms with Gasteiger partial charge in [0.15, 0.2) is 0 Å². The maximum atomic E-state index is 11.3. The topological polar surface area (TPSA) is 29.1 Å². The van der Waals surface area contributed by atoms with Crippen LogP contribution in [0.1, 0.15) is 4.88 Å². The predicted octanol–water partition coefficient (Wildman–Crippen LogP) is 3.85. The van der Waals surface area contributed by atoms with E-state index in [1.54, 1.807) is 11.3 Å². The summed E-state index contributed by atoms with van der Waals surface area (Å²) in [5.41, 5.74) is 2.03. The van der Waals surface area contributed by atoms with Crippen molar-refractivity contribution in [2.75, 3.05) is 5.32 Å². The lowest BCUT2D eigenvalue weighted by Crippen LogP contribution is -2.06. The lowest BCUT2D eigenvalue weighted by atomic mass is 10.2. The van der Waals surface area contributed by atoms with E-state index in [4.69, 9.17) is 0 Å². The quantitative estimate of drug-likeness (QED) is 0.815. The zero-order chi connectivity index (χ0) is 12.3. The Kier molecular flexibility index (Phi) is 3.40. The summed E-state index contributed by atoms with van der Waals surface area (Å²) >= 11 is 1.67. The number of amides is 1. The molecule has 1 amide bonds. The average molecular weight is 243 g/mol. The van der Waals surface area contributed by atoms with Crippen molar-refractivity contribution in [3.05, 3.63) is 53.9 Å². The van der Waals surface area contributed by atoms with Gasteiger partial charge in [-0.05, 0) is 24.6 Å². The lowest BCUT2D eigenvalue weighted by molar-refractivity contribution is -0.111. The third-order valence-corrected chi connectivity index (χ3v) is 3.52. The van der Waals surface area contributed by atoms with E-state index in [1.807, 2.05) is 31.2 Å². The second-order valence-electron chi connectivity index (χ2n) is 3.64. The van der Waals surface area contributed by atoms with Gasteiger partial charge >= 0.3 is 0 Å². The summed E-state index contributed by atoms with van der Waals surface area (Å²) in [6.45, 7) is 5.44. The van der Waals surface area contributed by atoms with Gasteiger partial charge in [0, 0.05) is 9.75 Å². The molecule has 0 spiro atoms. The summed E-state index contributed by atoms with van der Waals surface area (Å²) in [5.74, 6) is -0.175. The number of rotatable bonds is 3. The van der Waals surface area contributed by atoms with Crippen LogP contribution in [0.4, 0.5) is 5.69 Å². The molecular formula is C14H13NOS. The highest BCUT2D eigenvalue weighted by Gasteiger charge is 2.08. The first-order valence-electron chi connectivity index (χ1n) is 5.30. The Bertz CT molecular complexity index is 543. The van der Waals surface area contributed by atoms with Crippen molar-refractivity contribution in [2.24, 2.45) is 0 Å². The first kappa shape index (κ1) is 11.6. The molecular weight excluding hydrogens is 230 g/mol. The molecule has 0 unspecified atom stereocenters. The Morgan fingerprint density at radius 3 is 2.71 bits per heavy atom. The molecule has 0 bridgehead atoms. The van der Waals surface area contributed by atoms with Crippen LogP contribution in [0, 0.1) is 6.92 Å². The number of thiophene rings is 1. The van der Waals surface area contributed by atoms with Gasteiger partial charge in [-0.3, -0.25) is 4.79 Å². The van der Waals surface area contributed by atoms with Gasteiger partial charge < -0.3 is 5.32 Å². The molecule has 0 aliphatic carbocycles. The summed E-state index contributed by atoms with van der Waals surface area (Å²) in [7, 11) is 0. The fourth-order valence-corrected chi connectivity index (χ4v) is 2.52. The Morgan fingerprint density at radius 1 is 1.35 bits per heavy atom. The second-order valence-corrected chi connectivity index (χ2v) is 4.90. The molecule has 0 radical (unpaired) electrons. The minimum absolute atomic E-state index is 0.175. The highest BCUT2D eigenvalue weighted by Crippen LogP contribution is 2.33. The average Bonchev–Trinajstić information content (AvgIpc) is 2.72. The van der Waals surface area contributed by atoms with Crippen molar-refractivity contribution in [3.63, 3.8) is 0 Å². The van der Waals surface area contributed by atoms with Crippen LogP contribution >= 0.6 is 11.3 Å². The third kappa shape index (κ3) is 2.63. The van der Waals surface area contributed by atoms with E-state index in [2.05, 4.69) is 24.0 Å². The smallest absolute Gasteiger partial charge is 0.247 e. The molecule has 2 aromatic rings. The monoisotopic (exact) mass is 243 g/mol. The maximum absolute atomic E-state index is 11.3. The lowest BCUT2D eigenvalue weighted by Gasteiger charge is -1.98. The van der Waals surface area contributed by atoms with Crippen LogP contribution in [-0.4, -0.2) is 5.91 Å². The second kappa shape index (κ2) is 4.97. The molecule has 1 N–H and O–H groups in total. The fraction of sp³-hybridized carbons (Fsp3) is 0.0714. The molecule has 0 saturated carbocycles. The van der Waals surface area contributed by atoms with Crippen LogP contribution in [0.15, 0.2) is 49.1 Å². The van der Waals surface area contributed by atoms with Crippen LogP contribution in [0.5, 0.6) is 0 Å². The fourth-order valence-electron chi connectivity index (χ4n) is 1.53. The molecule has 0 aliphatic heterocycles. The van der Waals surface area contributed by atoms with E-state index >= 15 is 0 Å². The summed E-state index contributed by atoms with van der Waals surface area (Å²) in [6.07, 6.45) is 1.28. The zero-order valence-electron chi connectivity index (χ0n) is 9.57. The van der Waals surface area contributed by atoms with Crippen LogP contribution in [-0.2, 0) is 4.79 Å². The molecule has 1 heterocycles. The maximum Gasteiger partial charge on any atom is 0.247 e. The Morgan fingerprint density at radius 2 is 2.06 bits per heavy atom. The summed E-state index contributed by atoms with van der Waals surface area (Å²) < 4.78 is 0. The number of hydrogen-bond donors (Lipinski definition) is 1. The molecule has 17 heavy (non-hydrogen) atoms. The highest BCUT2D eigenvalue weighted by atomic mass is 32.1. The van der Waals surface area contributed by atoms with Gasteiger partial charge in [-0.15, -0.1) is 11.3 Å². The van der Waals surface area contributed by atoms with Crippen LogP contribution in [0.25, 0.3) is 10.4 Å². The molecule has 1 aromatic carbocycles. The number of anilines is 1. The largest absolute Gasteiger partial charge is 0.321 e. The van der Waals surface area contributed by atoms with Crippen molar-refractivity contribution in [2.45, 2.75) is 6.92 Å². The SMILES string of the molecule is C=CC(=O)Nc1cc(-c2ccccc2)sc1C. The van der Waals surface area contributed by atoms with Crippen molar-refractivity contribution in [1.29, 1.82) is 0 Å². The predicted molar refractivity (Wildman–Crippen MR) is 73.3 cm³/mol. The molecule has 86 valence electrons. The Balaban J connectivity index is 2.31. The number of carbonyl (C=O) groups excluding carboxylic acids is 1. The molecule has 0 atom stereocenters. The number of carbonyl (C=O) groups is 1. The zero-order valence-corrected chi connectivity index (χ0v) is 10.4. The molecule has 0 aliphatic rings. The Labute approximate surface area is 105 Å².